The van der Waals surface area contributed by atoms with Crippen molar-refractivity contribution in [2.75, 3.05) is 16.9 Å². The molecule has 0 saturated heterocycles. The maximum atomic E-state index is 13.2. The van der Waals surface area contributed by atoms with Crippen molar-refractivity contribution in [3.05, 3.63) is 75.9 Å². The molecular formula is C20H18BrN5OS. The van der Waals surface area contributed by atoms with Crippen LogP contribution in [0.25, 0.3) is 0 Å². The van der Waals surface area contributed by atoms with Gasteiger partial charge in [-0.05, 0) is 43.0 Å². The number of hydrogen-bond donors (Lipinski definition) is 2. The molecule has 8 heteroatoms. The van der Waals surface area contributed by atoms with Crippen molar-refractivity contribution in [1.29, 1.82) is 0 Å². The van der Waals surface area contributed by atoms with Gasteiger partial charge in [0.05, 0.1) is 5.57 Å². The lowest BCUT2D eigenvalue weighted by atomic mass is 9.95. The van der Waals surface area contributed by atoms with Gasteiger partial charge in [0.1, 0.15) is 6.04 Å². The second-order valence-electron chi connectivity index (χ2n) is 6.30. The summed E-state index contributed by atoms with van der Waals surface area (Å²) in [6, 6.07) is 17.0. The Morgan fingerprint density at radius 2 is 1.89 bits per heavy atom. The van der Waals surface area contributed by atoms with Crippen LogP contribution in [-0.4, -0.2) is 26.9 Å². The zero-order valence-electron chi connectivity index (χ0n) is 15.3. The lowest BCUT2D eigenvalue weighted by Gasteiger charge is -2.28. The summed E-state index contributed by atoms with van der Waals surface area (Å²) in [7, 11) is 0. The number of rotatable bonds is 4. The summed E-state index contributed by atoms with van der Waals surface area (Å²) in [5.74, 6) is 0.460. The van der Waals surface area contributed by atoms with E-state index >= 15 is 0 Å². The lowest BCUT2D eigenvalue weighted by Crippen LogP contribution is -2.31. The summed E-state index contributed by atoms with van der Waals surface area (Å²) in [5.41, 5.74) is 3.07. The third kappa shape index (κ3) is 3.57. The first kappa shape index (κ1) is 18.8. The molecule has 0 unspecified atom stereocenters. The van der Waals surface area contributed by atoms with Crippen LogP contribution in [0.5, 0.6) is 0 Å². The minimum absolute atomic E-state index is 0.170. The van der Waals surface area contributed by atoms with Gasteiger partial charge in [0.25, 0.3) is 5.91 Å². The Balaban J connectivity index is 1.79. The van der Waals surface area contributed by atoms with Gasteiger partial charge in [0, 0.05) is 15.9 Å². The van der Waals surface area contributed by atoms with Gasteiger partial charge in [-0.3, -0.25) is 4.79 Å². The summed E-state index contributed by atoms with van der Waals surface area (Å²) >= 11 is 4.94. The van der Waals surface area contributed by atoms with Gasteiger partial charge in [0.15, 0.2) is 0 Å². The molecular weight excluding hydrogens is 438 g/mol. The van der Waals surface area contributed by atoms with E-state index in [4.69, 9.17) is 0 Å². The van der Waals surface area contributed by atoms with Crippen LogP contribution < -0.4 is 10.6 Å². The average Bonchev–Trinajstić information content (AvgIpc) is 3.11. The number of hydrogen-bond acceptors (Lipinski definition) is 5. The Hall–Kier alpha value is -2.58. The maximum absolute atomic E-state index is 13.2. The van der Waals surface area contributed by atoms with E-state index in [1.165, 1.54) is 11.8 Å². The number of para-hydroxylation sites is 1. The Labute approximate surface area is 175 Å². The largest absolute Gasteiger partial charge is 0.328 e. The summed E-state index contributed by atoms with van der Waals surface area (Å²) in [6.07, 6.45) is 1.93. The van der Waals surface area contributed by atoms with Gasteiger partial charge in [-0.2, -0.15) is 4.98 Å². The number of nitrogens with zero attached hydrogens (tertiary/aromatic N) is 3. The Kier molecular flexibility index (Phi) is 5.23. The fraction of sp³-hybridized carbons (Fsp3) is 0.150. The van der Waals surface area contributed by atoms with E-state index in [1.54, 1.807) is 4.68 Å². The summed E-state index contributed by atoms with van der Waals surface area (Å²) in [5, 5.41) is 11.5. The Morgan fingerprint density at radius 1 is 1.18 bits per heavy atom. The Bertz CT molecular complexity index is 1050. The predicted octanol–water partition coefficient (Wildman–Crippen LogP) is 4.69. The second kappa shape index (κ2) is 7.81. The molecule has 0 saturated carbocycles. The van der Waals surface area contributed by atoms with Crippen LogP contribution in [0.4, 0.5) is 11.6 Å². The molecule has 4 rings (SSSR count). The first-order valence-corrected chi connectivity index (χ1v) is 10.7. The quantitative estimate of drug-likeness (QED) is 0.558. The normalized spacial score (nSPS) is 15.8. The van der Waals surface area contributed by atoms with Gasteiger partial charge >= 0.3 is 0 Å². The minimum atomic E-state index is -0.374. The van der Waals surface area contributed by atoms with E-state index in [9.17, 15) is 4.79 Å². The SMILES string of the molecule is CSc1nc2n(n1)[C@H](c1ccc(Br)cc1)C(C(=O)Nc1ccccc1)=C(C)N2. The van der Waals surface area contributed by atoms with E-state index in [2.05, 4.69) is 36.6 Å². The molecule has 6 nitrogen and oxygen atoms in total. The molecule has 28 heavy (non-hydrogen) atoms. The number of benzene rings is 2. The highest BCUT2D eigenvalue weighted by molar-refractivity contribution is 9.10. The molecule has 1 aliphatic rings. The number of carbonyl (C=O) groups is 1. The number of amides is 1. The highest BCUT2D eigenvalue weighted by atomic mass is 79.9. The molecule has 0 aliphatic carbocycles. The van der Waals surface area contributed by atoms with Crippen LogP contribution in [0.1, 0.15) is 18.5 Å². The number of carbonyl (C=O) groups excluding carboxylic acids is 1. The smallest absolute Gasteiger partial charge is 0.255 e. The van der Waals surface area contributed by atoms with Crippen LogP contribution in [0.15, 0.2) is 75.5 Å². The highest BCUT2D eigenvalue weighted by Gasteiger charge is 2.34. The van der Waals surface area contributed by atoms with Crippen molar-refractivity contribution in [2.45, 2.75) is 18.1 Å². The second-order valence-corrected chi connectivity index (χ2v) is 7.99. The molecule has 2 aromatic carbocycles. The first-order valence-electron chi connectivity index (χ1n) is 8.67. The van der Waals surface area contributed by atoms with Crippen LogP contribution >= 0.6 is 27.7 Å². The van der Waals surface area contributed by atoms with Gasteiger partial charge in [-0.1, -0.05) is 58.0 Å². The lowest BCUT2D eigenvalue weighted by molar-refractivity contribution is -0.113. The monoisotopic (exact) mass is 455 g/mol. The van der Waals surface area contributed by atoms with Crippen molar-refractivity contribution in [3.8, 4) is 0 Å². The van der Waals surface area contributed by atoms with Crippen molar-refractivity contribution >= 4 is 45.2 Å². The fourth-order valence-electron chi connectivity index (χ4n) is 3.19. The van der Waals surface area contributed by atoms with E-state index in [0.29, 0.717) is 16.7 Å². The number of nitrogens with one attached hydrogen (secondary N) is 2. The average molecular weight is 456 g/mol. The van der Waals surface area contributed by atoms with Gasteiger partial charge in [-0.15, -0.1) is 5.10 Å². The number of anilines is 2. The number of fused-ring (bicyclic) bond motifs is 1. The number of aromatic nitrogens is 3. The Morgan fingerprint density at radius 3 is 2.57 bits per heavy atom. The minimum Gasteiger partial charge on any atom is -0.328 e. The summed E-state index contributed by atoms with van der Waals surface area (Å²) in [6.45, 7) is 1.89. The molecule has 0 fully saturated rings. The van der Waals surface area contributed by atoms with E-state index in [-0.39, 0.29) is 11.9 Å². The topological polar surface area (TPSA) is 71.8 Å². The van der Waals surface area contributed by atoms with E-state index in [1.807, 2.05) is 67.8 Å². The van der Waals surface area contributed by atoms with Gasteiger partial charge in [0.2, 0.25) is 11.1 Å². The molecule has 2 N–H and O–H groups in total. The molecule has 142 valence electrons. The van der Waals surface area contributed by atoms with Gasteiger partial charge in [-0.25, -0.2) is 4.68 Å². The van der Waals surface area contributed by atoms with Crippen LogP contribution in [-0.2, 0) is 4.79 Å². The van der Waals surface area contributed by atoms with Crippen LogP contribution in [0.3, 0.4) is 0 Å². The summed E-state index contributed by atoms with van der Waals surface area (Å²) < 4.78 is 2.76. The fourth-order valence-corrected chi connectivity index (χ4v) is 3.80. The van der Waals surface area contributed by atoms with Crippen molar-refractivity contribution in [3.63, 3.8) is 0 Å². The highest BCUT2D eigenvalue weighted by Crippen LogP contribution is 2.36. The predicted molar refractivity (Wildman–Crippen MR) is 115 cm³/mol. The standard InChI is InChI=1S/C20H18BrN5OS/c1-12-16(18(27)23-15-6-4-3-5-7-15)17(13-8-10-14(21)11-9-13)26-19(22-12)24-20(25-26)28-2/h3-11,17H,1-2H3,(H,23,27)(H,22,24,25)/t17-/m1/s1. The molecule has 3 aromatic rings. The van der Waals surface area contributed by atoms with Crippen molar-refractivity contribution in [1.82, 2.24) is 14.8 Å². The number of thioether (sulfide) groups is 1. The molecule has 1 aliphatic heterocycles. The molecule has 2 heterocycles. The number of allylic oxidation sites excluding steroid dienone is 1. The third-order valence-electron chi connectivity index (χ3n) is 4.48. The van der Waals surface area contributed by atoms with E-state index < -0.39 is 0 Å². The third-order valence-corrected chi connectivity index (χ3v) is 5.54. The molecule has 0 bridgehead atoms. The zero-order chi connectivity index (χ0) is 19.7. The molecule has 1 atom stereocenters. The van der Waals surface area contributed by atoms with E-state index in [0.717, 1.165) is 21.4 Å². The maximum Gasteiger partial charge on any atom is 0.255 e. The zero-order valence-corrected chi connectivity index (χ0v) is 17.7. The van der Waals surface area contributed by atoms with Crippen LogP contribution in [0, 0.1) is 0 Å². The van der Waals surface area contributed by atoms with Crippen molar-refractivity contribution in [2.24, 2.45) is 0 Å². The van der Waals surface area contributed by atoms with Gasteiger partial charge < -0.3 is 10.6 Å². The molecule has 0 radical (unpaired) electrons. The molecule has 1 aromatic heterocycles. The van der Waals surface area contributed by atoms with Crippen LogP contribution in [0.2, 0.25) is 0 Å². The molecule has 1 amide bonds. The first-order chi connectivity index (χ1) is 13.6. The molecule has 0 spiro atoms. The van der Waals surface area contributed by atoms with Crippen molar-refractivity contribution < 1.29 is 4.79 Å². The number of halogens is 1. The summed E-state index contributed by atoms with van der Waals surface area (Å²) in [4.78, 5) is 17.7.